The predicted molar refractivity (Wildman–Crippen MR) is 80.6 cm³/mol. The molecule has 1 heterocycles. The third-order valence-electron chi connectivity index (χ3n) is 3.08. The molecule has 0 spiro atoms. The Morgan fingerprint density at radius 2 is 2.15 bits per heavy atom. The molecule has 0 bridgehead atoms. The van der Waals surface area contributed by atoms with Crippen LogP contribution in [0.15, 0.2) is 18.2 Å². The second kappa shape index (κ2) is 6.65. The lowest BCUT2D eigenvalue weighted by molar-refractivity contribution is -0.130. The largest absolute Gasteiger partial charge is 0.361 e. The first-order valence-electron chi connectivity index (χ1n) is 6.71. The highest BCUT2D eigenvalue weighted by atomic mass is 32.1. The zero-order valence-corrected chi connectivity index (χ0v) is 12.5. The van der Waals surface area contributed by atoms with Gasteiger partial charge in [0.1, 0.15) is 5.82 Å². The number of amides is 1. The van der Waals surface area contributed by atoms with Crippen LogP contribution in [-0.2, 0) is 4.79 Å². The second-order valence-electron chi connectivity index (χ2n) is 4.37. The smallest absolute Gasteiger partial charge is 0.224 e. The summed E-state index contributed by atoms with van der Waals surface area (Å²) in [5.41, 5.74) is 0.772. The third kappa shape index (κ3) is 3.45. The van der Waals surface area contributed by atoms with Gasteiger partial charge in [-0.1, -0.05) is 11.3 Å². The fraction of sp³-hybridized carbons (Fsp3) is 0.429. The number of aromatic nitrogens is 1. The quantitative estimate of drug-likeness (QED) is 0.890. The van der Waals surface area contributed by atoms with Gasteiger partial charge in [-0.15, -0.1) is 0 Å². The summed E-state index contributed by atoms with van der Waals surface area (Å²) >= 11 is 1.40. The zero-order chi connectivity index (χ0) is 14.5. The Labute approximate surface area is 121 Å². The van der Waals surface area contributed by atoms with Gasteiger partial charge in [0.25, 0.3) is 0 Å². The molecule has 0 aliphatic heterocycles. The summed E-state index contributed by atoms with van der Waals surface area (Å²) < 4.78 is 13.9. The molecule has 0 atom stereocenters. The molecular formula is C14H18FN3OS. The van der Waals surface area contributed by atoms with Gasteiger partial charge in [0.05, 0.1) is 10.2 Å². The van der Waals surface area contributed by atoms with E-state index in [-0.39, 0.29) is 11.7 Å². The highest BCUT2D eigenvalue weighted by Gasteiger charge is 2.09. The van der Waals surface area contributed by atoms with Crippen molar-refractivity contribution in [2.24, 2.45) is 0 Å². The number of nitrogens with zero attached hydrogens (tertiary/aromatic N) is 2. The van der Waals surface area contributed by atoms with Crippen LogP contribution in [-0.4, -0.2) is 35.4 Å². The van der Waals surface area contributed by atoms with Gasteiger partial charge in [0.15, 0.2) is 5.13 Å². The molecule has 1 amide bonds. The molecule has 0 saturated carbocycles. The maximum absolute atomic E-state index is 13.1. The number of rotatable bonds is 6. The van der Waals surface area contributed by atoms with E-state index in [1.165, 1.54) is 23.5 Å². The molecule has 108 valence electrons. The molecule has 0 radical (unpaired) electrons. The van der Waals surface area contributed by atoms with Crippen molar-refractivity contribution in [1.29, 1.82) is 0 Å². The molecule has 0 aliphatic rings. The standard InChI is InChI=1S/C14H18FN3OS/c1-3-18(4-2)13(19)7-8-16-14-17-11-6-5-10(15)9-12(11)20-14/h5-6,9H,3-4,7-8H2,1-2H3,(H,16,17). The van der Waals surface area contributed by atoms with Gasteiger partial charge in [0, 0.05) is 26.1 Å². The SMILES string of the molecule is CCN(CC)C(=O)CCNc1nc2ccc(F)cc2s1. The minimum atomic E-state index is -0.260. The Hall–Kier alpha value is -1.69. The molecule has 0 aliphatic carbocycles. The van der Waals surface area contributed by atoms with Crippen molar-refractivity contribution in [3.8, 4) is 0 Å². The van der Waals surface area contributed by atoms with Crippen LogP contribution in [0.5, 0.6) is 0 Å². The van der Waals surface area contributed by atoms with Gasteiger partial charge in [-0.3, -0.25) is 4.79 Å². The van der Waals surface area contributed by atoms with Crippen LogP contribution < -0.4 is 5.32 Å². The van der Waals surface area contributed by atoms with Gasteiger partial charge in [-0.2, -0.15) is 0 Å². The van der Waals surface area contributed by atoms with E-state index in [1.807, 2.05) is 13.8 Å². The van der Waals surface area contributed by atoms with E-state index in [2.05, 4.69) is 10.3 Å². The summed E-state index contributed by atoms with van der Waals surface area (Å²) in [5.74, 6) is -0.126. The Kier molecular flexibility index (Phi) is 4.89. The summed E-state index contributed by atoms with van der Waals surface area (Å²) in [5, 5.41) is 3.85. The molecule has 0 fully saturated rings. The van der Waals surface area contributed by atoms with Crippen molar-refractivity contribution in [2.75, 3.05) is 25.0 Å². The number of halogens is 1. The molecule has 1 aromatic heterocycles. The number of hydrogen-bond donors (Lipinski definition) is 1. The summed E-state index contributed by atoms with van der Waals surface area (Å²) in [6.45, 7) is 5.94. The normalized spacial score (nSPS) is 10.8. The van der Waals surface area contributed by atoms with E-state index in [0.29, 0.717) is 13.0 Å². The van der Waals surface area contributed by atoms with Crippen LogP contribution in [0.2, 0.25) is 0 Å². The number of carbonyl (C=O) groups is 1. The number of nitrogens with one attached hydrogen (secondary N) is 1. The van der Waals surface area contributed by atoms with Crippen LogP contribution in [0.3, 0.4) is 0 Å². The highest BCUT2D eigenvalue weighted by molar-refractivity contribution is 7.22. The number of hydrogen-bond acceptors (Lipinski definition) is 4. The fourth-order valence-electron chi connectivity index (χ4n) is 1.98. The van der Waals surface area contributed by atoms with Crippen LogP contribution >= 0.6 is 11.3 Å². The zero-order valence-electron chi connectivity index (χ0n) is 11.6. The summed E-state index contributed by atoms with van der Waals surface area (Å²) in [6.07, 6.45) is 0.436. The molecule has 2 rings (SSSR count). The summed E-state index contributed by atoms with van der Waals surface area (Å²) in [7, 11) is 0. The second-order valence-corrected chi connectivity index (χ2v) is 5.40. The number of anilines is 1. The van der Waals surface area contributed by atoms with E-state index in [0.717, 1.165) is 28.4 Å². The predicted octanol–water partition coefficient (Wildman–Crippen LogP) is 3.11. The van der Waals surface area contributed by atoms with Crippen LogP contribution in [0.25, 0.3) is 10.2 Å². The van der Waals surface area contributed by atoms with Gasteiger partial charge < -0.3 is 10.2 Å². The third-order valence-corrected chi connectivity index (χ3v) is 4.06. The maximum Gasteiger partial charge on any atom is 0.224 e. The first kappa shape index (κ1) is 14.7. The minimum Gasteiger partial charge on any atom is -0.361 e. The average molecular weight is 295 g/mol. The number of thiazole rings is 1. The molecule has 20 heavy (non-hydrogen) atoms. The Morgan fingerprint density at radius 3 is 2.85 bits per heavy atom. The fourth-order valence-corrected chi connectivity index (χ4v) is 2.90. The topological polar surface area (TPSA) is 45.2 Å². The Balaban J connectivity index is 1.91. The van der Waals surface area contributed by atoms with E-state index >= 15 is 0 Å². The lowest BCUT2D eigenvalue weighted by Gasteiger charge is -2.18. The number of fused-ring (bicyclic) bond motifs is 1. The molecule has 4 nitrogen and oxygen atoms in total. The Bertz CT molecular complexity index is 595. The number of carbonyl (C=O) groups excluding carboxylic acids is 1. The lowest BCUT2D eigenvalue weighted by atomic mass is 10.3. The highest BCUT2D eigenvalue weighted by Crippen LogP contribution is 2.26. The van der Waals surface area contributed by atoms with E-state index in [4.69, 9.17) is 0 Å². The molecule has 2 aromatic rings. The first-order valence-corrected chi connectivity index (χ1v) is 7.53. The summed E-state index contributed by atoms with van der Waals surface area (Å²) in [6, 6.07) is 4.53. The van der Waals surface area contributed by atoms with Gasteiger partial charge >= 0.3 is 0 Å². The van der Waals surface area contributed by atoms with E-state index in [1.54, 1.807) is 11.0 Å². The van der Waals surface area contributed by atoms with Crippen molar-refractivity contribution in [1.82, 2.24) is 9.88 Å². The van der Waals surface area contributed by atoms with Crippen LogP contribution in [0.1, 0.15) is 20.3 Å². The minimum absolute atomic E-state index is 0.134. The van der Waals surface area contributed by atoms with Gasteiger partial charge in [-0.25, -0.2) is 9.37 Å². The van der Waals surface area contributed by atoms with Crippen LogP contribution in [0.4, 0.5) is 9.52 Å². The number of benzene rings is 1. The first-order chi connectivity index (χ1) is 9.63. The van der Waals surface area contributed by atoms with Crippen molar-refractivity contribution in [2.45, 2.75) is 20.3 Å². The van der Waals surface area contributed by atoms with Crippen molar-refractivity contribution in [3.63, 3.8) is 0 Å². The van der Waals surface area contributed by atoms with Crippen molar-refractivity contribution < 1.29 is 9.18 Å². The van der Waals surface area contributed by atoms with E-state index in [9.17, 15) is 9.18 Å². The average Bonchev–Trinajstić information content (AvgIpc) is 2.82. The van der Waals surface area contributed by atoms with E-state index < -0.39 is 0 Å². The molecule has 6 heteroatoms. The monoisotopic (exact) mass is 295 g/mol. The molecular weight excluding hydrogens is 277 g/mol. The maximum atomic E-state index is 13.1. The van der Waals surface area contributed by atoms with Gasteiger partial charge in [0.2, 0.25) is 5.91 Å². The van der Waals surface area contributed by atoms with Gasteiger partial charge in [-0.05, 0) is 32.0 Å². The molecule has 0 unspecified atom stereocenters. The molecule has 1 aromatic carbocycles. The Morgan fingerprint density at radius 1 is 1.40 bits per heavy atom. The molecule has 0 saturated heterocycles. The van der Waals surface area contributed by atoms with Crippen LogP contribution in [0, 0.1) is 5.82 Å². The van der Waals surface area contributed by atoms with Crippen molar-refractivity contribution in [3.05, 3.63) is 24.0 Å². The lowest BCUT2D eigenvalue weighted by Crippen LogP contribution is -2.31. The molecule has 1 N–H and O–H groups in total. The van der Waals surface area contributed by atoms with Crippen molar-refractivity contribution >= 4 is 32.6 Å². The summed E-state index contributed by atoms with van der Waals surface area (Å²) in [4.78, 5) is 18.0.